The maximum absolute atomic E-state index is 9.81. The summed E-state index contributed by atoms with van der Waals surface area (Å²) in [6.45, 7) is 0. The second-order valence-corrected chi connectivity index (χ2v) is 3.41. The van der Waals surface area contributed by atoms with Gasteiger partial charge in [0.05, 0.1) is 0 Å². The van der Waals surface area contributed by atoms with Crippen LogP contribution in [0.2, 0.25) is 0 Å². The molecule has 0 aliphatic carbocycles. The van der Waals surface area contributed by atoms with Crippen molar-refractivity contribution < 1.29 is 10.5 Å². The van der Waals surface area contributed by atoms with Gasteiger partial charge in [-0.3, -0.25) is 0 Å². The van der Waals surface area contributed by atoms with Gasteiger partial charge in [0.15, 0.2) is 0 Å². The average Bonchev–Trinajstić information content (AvgIpc) is 1.68. The Labute approximate surface area is 54.1 Å². The summed E-state index contributed by atoms with van der Waals surface area (Å²) in [7, 11) is 1.58. The summed E-state index contributed by atoms with van der Waals surface area (Å²) in [4.78, 5) is 9.81. The summed E-state index contributed by atoms with van der Waals surface area (Å²) in [5.41, 5.74) is 3.55. The van der Waals surface area contributed by atoms with Gasteiger partial charge < -0.3 is 0 Å². The quantitative estimate of drug-likeness (QED) is 0.422. The van der Waals surface area contributed by atoms with E-state index in [9.17, 15) is 4.79 Å². The molecule has 0 rings (SSSR count). The van der Waals surface area contributed by atoms with Gasteiger partial charge in [0.2, 0.25) is 0 Å². The summed E-state index contributed by atoms with van der Waals surface area (Å²) in [6.07, 6.45) is 0.862. The minimum absolute atomic E-state index is 0.0341. The zero-order chi connectivity index (χ0) is 5.70. The summed E-state index contributed by atoms with van der Waals surface area (Å²) >= 11 is 2.34. The Hall–Kier alpha value is 0.499. The van der Waals surface area contributed by atoms with Crippen molar-refractivity contribution in [3.8, 4) is 0 Å². The van der Waals surface area contributed by atoms with Crippen LogP contribution in [0.1, 0.15) is 0 Å². The number of quaternary nitrogens is 1. The Bertz CT molecular complexity index is 60.9. The van der Waals surface area contributed by atoms with E-state index in [0.29, 0.717) is 0 Å². The first-order valence-corrected chi connectivity index (χ1v) is 5.10. The van der Waals surface area contributed by atoms with Gasteiger partial charge in [-0.1, -0.05) is 0 Å². The van der Waals surface area contributed by atoms with E-state index in [0.717, 1.165) is 12.0 Å². The summed E-state index contributed by atoms with van der Waals surface area (Å²) in [6, 6.07) is -0.0341. The third-order valence-electron chi connectivity index (χ3n) is 0.481. The zero-order valence-corrected chi connectivity index (χ0v) is 6.53. The van der Waals surface area contributed by atoms with Crippen LogP contribution in [0.5, 0.6) is 0 Å². The molecule has 7 heavy (non-hydrogen) atoms. The molecular weight excluding hydrogens is 177 g/mol. The van der Waals surface area contributed by atoms with Crippen molar-refractivity contribution in [2.75, 3.05) is 5.75 Å². The first kappa shape index (κ1) is 7.50. The monoisotopic (exact) mass is 186 g/mol. The minimum atomic E-state index is -0.0341. The molecule has 0 fully saturated rings. The van der Waals surface area contributed by atoms with Gasteiger partial charge in [0.1, 0.15) is 0 Å². The fraction of sp³-hybridized carbons (Fsp3) is 0.667. The number of carbonyl (C=O) groups excluding carboxylic acids is 1. The molecule has 0 aliphatic rings. The average molecular weight is 185 g/mol. The Morgan fingerprint density at radius 2 is 2.57 bits per heavy atom. The summed E-state index contributed by atoms with van der Waals surface area (Å²) in [5.74, 6) is 0.809. The first-order valence-electron chi connectivity index (χ1n) is 1.86. The van der Waals surface area contributed by atoms with Crippen LogP contribution < -0.4 is 5.73 Å². The van der Waals surface area contributed by atoms with Crippen LogP contribution in [-0.2, 0) is 4.79 Å². The Morgan fingerprint density at radius 3 is 2.71 bits per heavy atom. The maximum atomic E-state index is 9.81. The molecule has 0 aromatic carbocycles. The van der Waals surface area contributed by atoms with Crippen LogP contribution in [0, 0.1) is 0 Å². The van der Waals surface area contributed by atoms with E-state index < -0.39 is 0 Å². The van der Waals surface area contributed by atoms with E-state index >= 15 is 0 Å². The van der Waals surface area contributed by atoms with Crippen LogP contribution in [0.3, 0.4) is 0 Å². The number of rotatable bonds is 3. The molecule has 42 valence electrons. The molecule has 0 saturated heterocycles. The molecule has 1 atom stereocenters. The van der Waals surface area contributed by atoms with Crippen molar-refractivity contribution in [3.05, 3.63) is 0 Å². The van der Waals surface area contributed by atoms with Gasteiger partial charge in [0, 0.05) is 0 Å². The van der Waals surface area contributed by atoms with Crippen molar-refractivity contribution in [1.29, 1.82) is 0 Å². The Kier molecular flexibility index (Phi) is 4.99. The van der Waals surface area contributed by atoms with Gasteiger partial charge in [-0.15, -0.1) is 0 Å². The van der Waals surface area contributed by atoms with Crippen molar-refractivity contribution in [2.45, 2.75) is 6.04 Å². The van der Waals surface area contributed by atoms with Crippen LogP contribution >= 0.6 is 10.2 Å². The van der Waals surface area contributed by atoms with E-state index in [4.69, 9.17) is 0 Å². The van der Waals surface area contributed by atoms with Gasteiger partial charge in [0.25, 0.3) is 0 Å². The number of hydrogen-bond donors (Lipinski definition) is 1. The predicted molar refractivity (Wildman–Crippen MR) is 32.3 cm³/mol. The molecule has 0 bridgehead atoms. The van der Waals surface area contributed by atoms with E-state index in [1.54, 1.807) is 10.2 Å². The fourth-order valence-corrected chi connectivity index (χ4v) is 1.61. The number of hydrogen-bond acceptors (Lipinski definition) is 2. The Balaban J connectivity index is 2.98. The molecule has 0 aromatic rings. The van der Waals surface area contributed by atoms with Crippen LogP contribution in [0.25, 0.3) is 0 Å². The zero-order valence-electron chi connectivity index (χ0n) is 3.83. The molecule has 3 N–H and O–H groups in total. The SMILES string of the molecule is [NH3+]C(C=O)CS[SeH]. The van der Waals surface area contributed by atoms with Gasteiger partial charge in [-0.05, 0) is 0 Å². The van der Waals surface area contributed by atoms with Crippen LogP contribution in [0.4, 0.5) is 0 Å². The van der Waals surface area contributed by atoms with Crippen molar-refractivity contribution in [1.82, 2.24) is 0 Å². The second-order valence-electron chi connectivity index (χ2n) is 1.19. The molecule has 0 aliphatic heterocycles. The molecule has 0 heterocycles. The third kappa shape index (κ3) is 4.35. The van der Waals surface area contributed by atoms with Crippen molar-refractivity contribution in [3.63, 3.8) is 0 Å². The van der Waals surface area contributed by atoms with Gasteiger partial charge >= 0.3 is 53.7 Å². The summed E-state index contributed by atoms with van der Waals surface area (Å²) in [5, 5.41) is 0. The fourth-order valence-electron chi connectivity index (χ4n) is 0.135. The molecule has 0 saturated carbocycles. The van der Waals surface area contributed by atoms with Gasteiger partial charge in [-0.2, -0.15) is 0 Å². The van der Waals surface area contributed by atoms with E-state index in [2.05, 4.69) is 20.6 Å². The van der Waals surface area contributed by atoms with Crippen molar-refractivity contribution >= 4 is 31.4 Å². The standard InChI is InChI=1S/C3H7NOSSe/c4-3(1-5)2-6-7/h1,3,7H,2,4H2/p+1. The first-order chi connectivity index (χ1) is 3.31. The molecule has 1 unspecified atom stereocenters. The normalized spacial score (nSPS) is 13.4. The molecular formula is C3H8NOSSe+. The topological polar surface area (TPSA) is 44.7 Å². The van der Waals surface area contributed by atoms with E-state index in [-0.39, 0.29) is 6.04 Å². The second kappa shape index (κ2) is 4.65. The third-order valence-corrected chi connectivity index (χ3v) is 2.00. The molecule has 0 spiro atoms. The predicted octanol–water partition coefficient (Wildman–Crippen LogP) is -1.66. The molecule has 0 amide bonds. The van der Waals surface area contributed by atoms with Crippen LogP contribution in [-0.4, -0.2) is 33.0 Å². The van der Waals surface area contributed by atoms with Gasteiger partial charge in [-0.25, -0.2) is 0 Å². The molecule has 4 heteroatoms. The van der Waals surface area contributed by atoms with Crippen molar-refractivity contribution in [2.24, 2.45) is 0 Å². The molecule has 0 radical (unpaired) electrons. The molecule has 0 aromatic heterocycles. The van der Waals surface area contributed by atoms with Crippen LogP contribution in [0.15, 0.2) is 0 Å². The Morgan fingerprint density at radius 1 is 2.00 bits per heavy atom. The van der Waals surface area contributed by atoms with E-state index in [1.807, 2.05) is 0 Å². The van der Waals surface area contributed by atoms with E-state index in [1.165, 1.54) is 0 Å². The number of aldehydes is 1. The molecule has 2 nitrogen and oxygen atoms in total. The summed E-state index contributed by atoms with van der Waals surface area (Å²) < 4.78 is 0. The number of carbonyl (C=O) groups is 1.